The molecule has 1 unspecified atom stereocenters. The summed E-state index contributed by atoms with van der Waals surface area (Å²) >= 11 is 0. The van der Waals surface area contributed by atoms with Crippen molar-refractivity contribution in [1.82, 2.24) is 9.29 Å². The molecule has 1 rings (SSSR count). The van der Waals surface area contributed by atoms with E-state index in [2.05, 4.69) is 55.3 Å². The Hall–Kier alpha value is -0.693. The first-order valence-electron chi connectivity index (χ1n) is 7.60. The van der Waals surface area contributed by atoms with Crippen molar-refractivity contribution in [3.8, 4) is 0 Å². The minimum absolute atomic E-state index is 0.0618. The SMILES string of the molecule is CN(C)Cc1ccc(CS(=N)(=O)N[Si](C)(C)C(C)(C)C)cc1. The average molecular weight is 342 g/mol. The maximum absolute atomic E-state index is 12.7. The van der Waals surface area contributed by atoms with Crippen LogP contribution in [0.5, 0.6) is 0 Å². The summed E-state index contributed by atoms with van der Waals surface area (Å²) in [5.74, 6) is 0.266. The van der Waals surface area contributed by atoms with Gasteiger partial charge in [-0.1, -0.05) is 58.1 Å². The molecule has 0 bridgehead atoms. The van der Waals surface area contributed by atoms with Gasteiger partial charge in [0.2, 0.25) is 0 Å². The third-order valence-corrected chi connectivity index (χ3v) is 12.0. The maximum atomic E-state index is 12.7. The van der Waals surface area contributed by atoms with Crippen LogP contribution in [0.15, 0.2) is 24.3 Å². The van der Waals surface area contributed by atoms with Crippen LogP contribution >= 0.6 is 0 Å². The van der Waals surface area contributed by atoms with Crippen LogP contribution in [0.4, 0.5) is 0 Å². The molecule has 22 heavy (non-hydrogen) atoms. The van der Waals surface area contributed by atoms with Crippen molar-refractivity contribution in [2.45, 2.75) is 51.2 Å². The van der Waals surface area contributed by atoms with E-state index in [1.807, 2.05) is 26.2 Å². The molecule has 0 saturated heterocycles. The summed E-state index contributed by atoms with van der Waals surface area (Å²) in [5.41, 5.74) is 2.18. The Labute approximate surface area is 137 Å². The first-order valence-corrected chi connectivity index (χ1v) is 12.3. The number of nitrogens with one attached hydrogen (secondary N) is 2. The van der Waals surface area contributed by atoms with Crippen molar-refractivity contribution < 1.29 is 4.21 Å². The van der Waals surface area contributed by atoms with Crippen molar-refractivity contribution in [2.24, 2.45) is 0 Å². The number of rotatable bonds is 6. The average Bonchev–Trinajstić information content (AvgIpc) is 2.27. The summed E-state index contributed by atoms with van der Waals surface area (Å²) in [5, 5.41) is 0.0618. The molecule has 0 aliphatic heterocycles. The van der Waals surface area contributed by atoms with Gasteiger partial charge in [0, 0.05) is 6.54 Å². The lowest BCUT2D eigenvalue weighted by Crippen LogP contribution is -2.54. The van der Waals surface area contributed by atoms with Gasteiger partial charge in [0.25, 0.3) is 0 Å². The Bertz CT molecular complexity index is 587. The van der Waals surface area contributed by atoms with Crippen LogP contribution < -0.4 is 4.39 Å². The van der Waals surface area contributed by atoms with Crippen LogP contribution in [0.25, 0.3) is 0 Å². The van der Waals surface area contributed by atoms with Crippen molar-refractivity contribution in [2.75, 3.05) is 14.1 Å². The number of benzene rings is 1. The predicted octanol–water partition coefficient (Wildman–Crippen LogP) is 3.80. The molecule has 0 aromatic heterocycles. The van der Waals surface area contributed by atoms with Crippen molar-refractivity contribution in [1.29, 1.82) is 4.78 Å². The predicted molar refractivity (Wildman–Crippen MR) is 98.7 cm³/mol. The summed E-state index contributed by atoms with van der Waals surface area (Å²) in [4.78, 5) is 2.11. The maximum Gasteiger partial charge on any atom is 0.140 e. The topological polar surface area (TPSA) is 56.2 Å². The quantitative estimate of drug-likeness (QED) is 0.773. The molecule has 1 atom stereocenters. The van der Waals surface area contributed by atoms with Crippen LogP contribution in [-0.2, 0) is 22.2 Å². The Balaban J connectivity index is 2.81. The van der Waals surface area contributed by atoms with Crippen molar-refractivity contribution in [3.05, 3.63) is 35.4 Å². The molecule has 6 heteroatoms. The second kappa shape index (κ2) is 6.82. The largest absolute Gasteiger partial charge is 0.305 e. The molecule has 0 heterocycles. The van der Waals surface area contributed by atoms with E-state index in [0.29, 0.717) is 0 Å². The van der Waals surface area contributed by atoms with E-state index in [1.165, 1.54) is 5.56 Å². The van der Waals surface area contributed by atoms with Gasteiger partial charge in [-0.15, -0.1) is 0 Å². The first-order chi connectivity index (χ1) is 9.82. The lowest BCUT2D eigenvalue weighted by Gasteiger charge is -2.37. The molecule has 4 nitrogen and oxygen atoms in total. The smallest absolute Gasteiger partial charge is 0.140 e. The van der Waals surface area contributed by atoms with Gasteiger partial charge in [-0.3, -0.25) is 4.39 Å². The molecular weight excluding hydrogens is 310 g/mol. The Kier molecular flexibility index (Phi) is 6.00. The molecule has 1 aromatic rings. The Morgan fingerprint density at radius 2 is 1.59 bits per heavy atom. The fourth-order valence-electron chi connectivity index (χ4n) is 1.94. The van der Waals surface area contributed by atoms with Crippen LogP contribution in [0.2, 0.25) is 18.1 Å². The van der Waals surface area contributed by atoms with Crippen LogP contribution in [-0.4, -0.2) is 31.4 Å². The molecule has 0 amide bonds. The molecule has 2 N–H and O–H groups in total. The highest BCUT2D eigenvalue weighted by molar-refractivity contribution is 7.91. The van der Waals surface area contributed by atoms with Gasteiger partial charge in [0.15, 0.2) is 0 Å². The number of hydrogen-bond donors (Lipinski definition) is 2. The van der Waals surface area contributed by atoms with Gasteiger partial charge in [0.1, 0.15) is 18.2 Å². The Morgan fingerprint density at radius 1 is 1.14 bits per heavy atom. The van der Waals surface area contributed by atoms with E-state index in [-0.39, 0.29) is 10.8 Å². The standard InChI is InChI=1S/C16H31N3OSSi/c1-16(2,3)22(6,7)18-21(17,20)13-15-10-8-14(9-11-15)12-19(4)5/h8-11H,12-13H2,1-7H3,(H2,17,18,20). The zero-order chi connectivity index (χ0) is 17.2. The number of hydrogen-bond acceptors (Lipinski definition) is 3. The van der Waals surface area contributed by atoms with Crippen molar-refractivity contribution >= 4 is 18.2 Å². The zero-order valence-electron chi connectivity index (χ0n) is 15.0. The minimum Gasteiger partial charge on any atom is -0.305 e. The monoisotopic (exact) mass is 341 g/mol. The lowest BCUT2D eigenvalue weighted by molar-refractivity contribution is 0.402. The fraction of sp³-hybridized carbons (Fsp3) is 0.625. The molecule has 0 saturated carbocycles. The molecule has 0 aliphatic carbocycles. The van der Waals surface area contributed by atoms with E-state index >= 15 is 0 Å². The van der Waals surface area contributed by atoms with E-state index in [9.17, 15) is 4.21 Å². The van der Waals surface area contributed by atoms with E-state index in [4.69, 9.17) is 4.78 Å². The first kappa shape index (κ1) is 19.4. The molecule has 0 fully saturated rings. The fourth-order valence-corrected chi connectivity index (χ4v) is 7.41. The van der Waals surface area contributed by atoms with E-state index < -0.39 is 18.2 Å². The van der Waals surface area contributed by atoms with Crippen LogP contribution in [0, 0.1) is 4.78 Å². The summed E-state index contributed by atoms with van der Waals surface area (Å²) in [6.07, 6.45) is 0. The zero-order valence-corrected chi connectivity index (χ0v) is 16.8. The summed E-state index contributed by atoms with van der Waals surface area (Å²) < 4.78 is 24.1. The molecule has 0 radical (unpaired) electrons. The van der Waals surface area contributed by atoms with E-state index in [1.54, 1.807) is 0 Å². The normalized spacial score (nSPS) is 15.8. The highest BCUT2D eigenvalue weighted by atomic mass is 32.2. The van der Waals surface area contributed by atoms with Crippen LogP contribution in [0.1, 0.15) is 31.9 Å². The summed E-state index contributed by atoms with van der Waals surface area (Å²) in [7, 11) is -0.686. The van der Waals surface area contributed by atoms with Gasteiger partial charge in [-0.05, 0) is 30.3 Å². The van der Waals surface area contributed by atoms with Gasteiger partial charge in [0.05, 0.1) is 5.75 Å². The van der Waals surface area contributed by atoms with Gasteiger partial charge >= 0.3 is 0 Å². The lowest BCUT2D eigenvalue weighted by atomic mass is 10.1. The van der Waals surface area contributed by atoms with Gasteiger partial charge in [-0.25, -0.2) is 8.99 Å². The highest BCUT2D eigenvalue weighted by Crippen LogP contribution is 2.34. The Morgan fingerprint density at radius 3 is 2.00 bits per heavy atom. The molecular formula is C16H31N3OSSi. The molecule has 0 spiro atoms. The van der Waals surface area contributed by atoms with Gasteiger partial charge in [-0.2, -0.15) is 0 Å². The third-order valence-electron chi connectivity index (χ3n) is 4.19. The summed E-state index contributed by atoms with van der Waals surface area (Å²) in [6.45, 7) is 11.6. The second-order valence-corrected chi connectivity index (χ2v) is 15.1. The molecule has 1 aromatic carbocycles. The second-order valence-electron chi connectivity index (χ2n) is 7.85. The van der Waals surface area contributed by atoms with Crippen molar-refractivity contribution in [3.63, 3.8) is 0 Å². The molecule has 0 aliphatic rings. The van der Waals surface area contributed by atoms with E-state index in [0.717, 1.165) is 12.1 Å². The highest BCUT2D eigenvalue weighted by Gasteiger charge is 2.37. The third kappa shape index (κ3) is 5.83. The van der Waals surface area contributed by atoms with Gasteiger partial charge < -0.3 is 4.90 Å². The minimum atomic E-state index is -2.81. The number of nitrogens with zero attached hydrogens (tertiary/aromatic N) is 1. The molecule has 126 valence electrons. The van der Waals surface area contributed by atoms with Crippen LogP contribution in [0.3, 0.4) is 0 Å². The summed E-state index contributed by atoms with van der Waals surface area (Å²) in [6, 6.07) is 8.08.